The Morgan fingerprint density at radius 1 is 1.03 bits per heavy atom. The Morgan fingerprint density at radius 3 is 2.72 bits per heavy atom. The highest BCUT2D eigenvalue weighted by molar-refractivity contribution is 6.03. The van der Waals surface area contributed by atoms with Gasteiger partial charge in [-0.1, -0.05) is 24.3 Å². The summed E-state index contributed by atoms with van der Waals surface area (Å²) in [6, 6.07) is 18.9. The number of pyridine rings is 2. The Balaban J connectivity index is 1.45. The van der Waals surface area contributed by atoms with Crippen molar-refractivity contribution in [1.29, 1.82) is 0 Å². The van der Waals surface area contributed by atoms with E-state index in [0.717, 1.165) is 22.0 Å². The van der Waals surface area contributed by atoms with Gasteiger partial charge in [-0.2, -0.15) is 0 Å². The highest BCUT2D eigenvalue weighted by Crippen LogP contribution is 2.27. The van der Waals surface area contributed by atoms with E-state index in [2.05, 4.69) is 15.3 Å². The molecule has 2 heterocycles. The number of para-hydroxylation sites is 1. The van der Waals surface area contributed by atoms with Crippen molar-refractivity contribution >= 4 is 28.6 Å². The Morgan fingerprint density at radius 2 is 1.90 bits per heavy atom. The monoisotopic (exact) mass is 381 g/mol. The molecule has 0 saturated carbocycles. The number of benzene rings is 2. The molecule has 2 aromatic heterocycles. The molecular formula is C24H19N3O2. The molecule has 5 nitrogen and oxygen atoms in total. The maximum Gasteiger partial charge on any atom is 0.248 e. The fourth-order valence-electron chi connectivity index (χ4n) is 2.99. The van der Waals surface area contributed by atoms with Crippen molar-refractivity contribution in [2.75, 3.05) is 5.32 Å². The van der Waals surface area contributed by atoms with Crippen molar-refractivity contribution in [3.63, 3.8) is 0 Å². The lowest BCUT2D eigenvalue weighted by Crippen LogP contribution is -2.08. The molecule has 1 amide bonds. The van der Waals surface area contributed by atoms with Gasteiger partial charge in [-0.25, -0.2) is 0 Å². The minimum Gasteiger partial charge on any atom is -0.455 e. The summed E-state index contributed by atoms with van der Waals surface area (Å²) in [5.74, 6) is 1.17. The quantitative estimate of drug-likeness (QED) is 0.471. The number of carbonyl (C=O) groups excluding carboxylic acids is 1. The van der Waals surface area contributed by atoms with Crippen LogP contribution >= 0.6 is 0 Å². The summed E-state index contributed by atoms with van der Waals surface area (Å²) in [6.45, 7) is 1.93. The zero-order chi connectivity index (χ0) is 20.1. The Labute approximate surface area is 168 Å². The summed E-state index contributed by atoms with van der Waals surface area (Å²) in [4.78, 5) is 20.8. The third-order valence-corrected chi connectivity index (χ3v) is 4.38. The first-order valence-corrected chi connectivity index (χ1v) is 9.20. The fraction of sp³-hybridized carbons (Fsp3) is 0.0417. The van der Waals surface area contributed by atoms with Gasteiger partial charge in [-0.05, 0) is 55.0 Å². The van der Waals surface area contributed by atoms with Crippen molar-refractivity contribution in [1.82, 2.24) is 9.97 Å². The average Bonchev–Trinajstić information content (AvgIpc) is 2.75. The second-order valence-electron chi connectivity index (χ2n) is 6.52. The van der Waals surface area contributed by atoms with Crippen molar-refractivity contribution in [2.24, 2.45) is 0 Å². The first-order chi connectivity index (χ1) is 14.2. The van der Waals surface area contributed by atoms with Crippen LogP contribution in [0, 0.1) is 6.92 Å². The summed E-state index contributed by atoms with van der Waals surface area (Å²) in [6.07, 6.45) is 8.39. The van der Waals surface area contributed by atoms with Gasteiger partial charge in [-0.15, -0.1) is 0 Å². The van der Waals surface area contributed by atoms with E-state index < -0.39 is 0 Å². The third-order valence-electron chi connectivity index (χ3n) is 4.38. The van der Waals surface area contributed by atoms with Gasteiger partial charge in [0.1, 0.15) is 11.5 Å². The highest BCUT2D eigenvalue weighted by Gasteiger charge is 2.05. The van der Waals surface area contributed by atoms with Crippen LogP contribution in [0.1, 0.15) is 11.1 Å². The van der Waals surface area contributed by atoms with Crippen molar-refractivity contribution in [3.05, 3.63) is 96.5 Å². The van der Waals surface area contributed by atoms with E-state index >= 15 is 0 Å². The van der Waals surface area contributed by atoms with Crippen LogP contribution < -0.4 is 10.1 Å². The number of hydrogen-bond acceptors (Lipinski definition) is 4. The highest BCUT2D eigenvalue weighted by atomic mass is 16.5. The number of fused-ring (bicyclic) bond motifs is 1. The van der Waals surface area contributed by atoms with Crippen LogP contribution in [0.5, 0.6) is 11.5 Å². The van der Waals surface area contributed by atoms with Gasteiger partial charge in [0.25, 0.3) is 0 Å². The van der Waals surface area contributed by atoms with E-state index in [1.807, 2.05) is 67.6 Å². The van der Waals surface area contributed by atoms with Gasteiger partial charge >= 0.3 is 0 Å². The molecule has 0 unspecified atom stereocenters. The number of carbonyl (C=O) groups is 1. The molecule has 0 aliphatic rings. The summed E-state index contributed by atoms with van der Waals surface area (Å²) in [7, 11) is 0. The topological polar surface area (TPSA) is 64.1 Å². The molecule has 142 valence electrons. The van der Waals surface area contributed by atoms with Crippen LogP contribution in [-0.4, -0.2) is 15.9 Å². The normalized spacial score (nSPS) is 10.9. The molecule has 0 bridgehead atoms. The summed E-state index contributed by atoms with van der Waals surface area (Å²) < 4.78 is 5.82. The van der Waals surface area contributed by atoms with Crippen LogP contribution in [0.4, 0.5) is 5.69 Å². The van der Waals surface area contributed by atoms with E-state index in [4.69, 9.17) is 4.74 Å². The predicted molar refractivity (Wildman–Crippen MR) is 115 cm³/mol. The van der Waals surface area contributed by atoms with Gasteiger partial charge in [-0.3, -0.25) is 14.8 Å². The second-order valence-corrected chi connectivity index (χ2v) is 6.52. The van der Waals surface area contributed by atoms with Crippen molar-refractivity contribution in [3.8, 4) is 11.5 Å². The Hall–Kier alpha value is -3.99. The van der Waals surface area contributed by atoms with Crippen LogP contribution in [0.15, 0.2) is 85.3 Å². The number of rotatable bonds is 5. The number of aromatic nitrogens is 2. The number of aryl methyl sites for hydroxylation is 1. The molecule has 0 fully saturated rings. The first-order valence-electron chi connectivity index (χ1n) is 9.20. The number of nitrogens with zero attached hydrogens (tertiary/aromatic N) is 2. The molecule has 0 atom stereocenters. The fourth-order valence-corrected chi connectivity index (χ4v) is 2.99. The van der Waals surface area contributed by atoms with E-state index in [0.29, 0.717) is 17.2 Å². The van der Waals surface area contributed by atoms with Gasteiger partial charge in [0.2, 0.25) is 5.91 Å². The summed E-state index contributed by atoms with van der Waals surface area (Å²) in [5, 5.41) is 3.92. The van der Waals surface area contributed by atoms with Crippen molar-refractivity contribution < 1.29 is 9.53 Å². The standard InChI is InChI=1S/C24H19N3O2/c1-17-15-20(10-11-22(17)29-21-8-4-13-25-16-21)27-23(28)12-9-19-6-2-5-18-7-3-14-26-24(18)19/h2-16H,1H3,(H,27,28)/b12-9+. The van der Waals surface area contributed by atoms with Crippen LogP contribution in [0.2, 0.25) is 0 Å². The Bertz CT molecular complexity index is 1180. The number of amides is 1. The number of anilines is 1. The maximum absolute atomic E-state index is 12.4. The molecule has 5 heteroatoms. The van der Waals surface area contributed by atoms with E-state index in [1.165, 1.54) is 6.08 Å². The smallest absolute Gasteiger partial charge is 0.248 e. The molecule has 4 aromatic rings. The van der Waals surface area contributed by atoms with Crippen LogP contribution in [0.3, 0.4) is 0 Å². The molecule has 29 heavy (non-hydrogen) atoms. The minimum atomic E-state index is -0.210. The second kappa shape index (κ2) is 8.35. The molecule has 0 saturated heterocycles. The Kier molecular flexibility index (Phi) is 5.29. The lowest BCUT2D eigenvalue weighted by Gasteiger charge is -2.10. The zero-order valence-corrected chi connectivity index (χ0v) is 15.9. The minimum absolute atomic E-state index is 0.210. The molecule has 1 N–H and O–H groups in total. The molecule has 0 aliphatic heterocycles. The lowest BCUT2D eigenvalue weighted by molar-refractivity contribution is -0.111. The maximum atomic E-state index is 12.4. The summed E-state index contributed by atoms with van der Waals surface area (Å²) in [5.41, 5.74) is 3.38. The van der Waals surface area contributed by atoms with Crippen LogP contribution in [-0.2, 0) is 4.79 Å². The number of hydrogen-bond donors (Lipinski definition) is 1. The number of nitrogens with one attached hydrogen (secondary N) is 1. The van der Waals surface area contributed by atoms with Crippen LogP contribution in [0.25, 0.3) is 17.0 Å². The summed E-state index contributed by atoms with van der Waals surface area (Å²) >= 11 is 0. The first kappa shape index (κ1) is 18.4. The average molecular weight is 381 g/mol. The van der Waals surface area contributed by atoms with E-state index in [9.17, 15) is 4.79 Å². The van der Waals surface area contributed by atoms with Gasteiger partial charge in [0.05, 0.1) is 11.7 Å². The SMILES string of the molecule is Cc1cc(NC(=O)/C=C/c2cccc3cccnc23)ccc1Oc1cccnc1. The third kappa shape index (κ3) is 4.47. The van der Waals surface area contributed by atoms with Gasteiger partial charge < -0.3 is 10.1 Å². The van der Waals surface area contributed by atoms with E-state index in [-0.39, 0.29) is 5.91 Å². The van der Waals surface area contributed by atoms with E-state index in [1.54, 1.807) is 24.7 Å². The molecule has 0 spiro atoms. The molecule has 4 rings (SSSR count). The number of ether oxygens (including phenoxy) is 1. The lowest BCUT2D eigenvalue weighted by atomic mass is 10.1. The molecule has 0 radical (unpaired) electrons. The van der Waals surface area contributed by atoms with Gasteiger partial charge in [0.15, 0.2) is 0 Å². The zero-order valence-electron chi connectivity index (χ0n) is 15.9. The molecular weight excluding hydrogens is 362 g/mol. The molecule has 0 aliphatic carbocycles. The molecule has 2 aromatic carbocycles. The largest absolute Gasteiger partial charge is 0.455 e. The van der Waals surface area contributed by atoms with Gasteiger partial charge in [0, 0.05) is 35.1 Å². The van der Waals surface area contributed by atoms with Crippen molar-refractivity contribution in [2.45, 2.75) is 6.92 Å². The predicted octanol–water partition coefficient (Wildman–Crippen LogP) is 5.38.